The number of pyridine rings is 1. The van der Waals surface area contributed by atoms with Crippen LogP contribution >= 0.6 is 0 Å². The molecule has 6 nitrogen and oxygen atoms in total. The summed E-state index contributed by atoms with van der Waals surface area (Å²) < 4.78 is 21.1. The van der Waals surface area contributed by atoms with E-state index in [2.05, 4.69) is 21.9 Å². The van der Waals surface area contributed by atoms with Gasteiger partial charge < -0.3 is 9.64 Å². The number of rotatable bonds is 3. The number of nitrogens with zero attached hydrogens (tertiary/aromatic N) is 5. The zero-order valence-electron chi connectivity index (χ0n) is 16.2. The summed E-state index contributed by atoms with van der Waals surface area (Å²) in [5.41, 5.74) is 4.23. The van der Waals surface area contributed by atoms with Gasteiger partial charge in [-0.25, -0.2) is 13.9 Å². The molecule has 2 aliphatic rings. The second-order valence-electron chi connectivity index (χ2n) is 8.09. The number of ether oxygens (including phenoxy) is 1. The van der Waals surface area contributed by atoms with Crippen LogP contribution in [0.15, 0.2) is 43.0 Å². The van der Waals surface area contributed by atoms with Crippen LogP contribution in [0.4, 0.5) is 10.1 Å². The fraction of sp³-hybridized carbons (Fsp3) is 0.318. The lowest BCUT2D eigenvalue weighted by Crippen LogP contribution is -2.24. The van der Waals surface area contributed by atoms with Gasteiger partial charge in [0.2, 0.25) is 0 Å². The molecule has 1 aromatic carbocycles. The third-order valence-corrected chi connectivity index (χ3v) is 6.64. The van der Waals surface area contributed by atoms with E-state index in [9.17, 15) is 4.39 Å². The molecule has 29 heavy (non-hydrogen) atoms. The SMILES string of the molecule is COc1cc2c(-c3cnn4cc(N5C[C@@H]6C(C)[C@@H]6C5)cnc34)ccnc2cc1F. The number of anilines is 1. The summed E-state index contributed by atoms with van der Waals surface area (Å²) in [6, 6.07) is 4.98. The predicted molar refractivity (Wildman–Crippen MR) is 109 cm³/mol. The highest BCUT2D eigenvalue weighted by molar-refractivity contribution is 5.98. The second kappa shape index (κ2) is 5.89. The lowest BCUT2D eigenvalue weighted by Gasteiger charge is -2.20. The summed E-state index contributed by atoms with van der Waals surface area (Å²) in [6.07, 6.45) is 7.46. The van der Waals surface area contributed by atoms with E-state index in [1.165, 1.54) is 13.2 Å². The van der Waals surface area contributed by atoms with Crippen LogP contribution in [0, 0.1) is 23.6 Å². The molecule has 0 amide bonds. The molecule has 146 valence electrons. The van der Waals surface area contributed by atoms with Gasteiger partial charge in [0.1, 0.15) is 0 Å². The summed E-state index contributed by atoms with van der Waals surface area (Å²) in [5, 5.41) is 5.35. The Bertz CT molecular complexity index is 1260. The highest BCUT2D eigenvalue weighted by Crippen LogP contribution is 2.52. The van der Waals surface area contributed by atoms with Gasteiger partial charge in [-0.3, -0.25) is 4.98 Å². The largest absolute Gasteiger partial charge is 0.494 e. The zero-order chi connectivity index (χ0) is 19.7. The van der Waals surface area contributed by atoms with Crippen molar-refractivity contribution < 1.29 is 9.13 Å². The predicted octanol–water partition coefficient (Wildman–Crippen LogP) is 3.79. The van der Waals surface area contributed by atoms with E-state index >= 15 is 0 Å². The van der Waals surface area contributed by atoms with Crippen LogP contribution in [-0.4, -0.2) is 39.8 Å². The van der Waals surface area contributed by atoms with Crippen molar-refractivity contribution >= 4 is 22.2 Å². The second-order valence-corrected chi connectivity index (χ2v) is 8.09. The molecule has 0 bridgehead atoms. The third kappa shape index (κ3) is 2.43. The van der Waals surface area contributed by atoms with Crippen LogP contribution in [0.1, 0.15) is 6.92 Å². The Hall–Kier alpha value is -3.22. The first-order valence-corrected chi connectivity index (χ1v) is 9.85. The number of methoxy groups -OCH3 is 1. The lowest BCUT2D eigenvalue weighted by atomic mass is 10.0. The van der Waals surface area contributed by atoms with E-state index < -0.39 is 5.82 Å². The van der Waals surface area contributed by atoms with E-state index in [1.807, 2.05) is 23.0 Å². The number of piperidine rings is 1. The maximum absolute atomic E-state index is 14.1. The number of hydrogen-bond acceptors (Lipinski definition) is 5. The van der Waals surface area contributed by atoms with E-state index in [1.54, 1.807) is 18.5 Å². The molecule has 1 saturated heterocycles. The van der Waals surface area contributed by atoms with Gasteiger partial charge in [0, 0.05) is 36.3 Å². The van der Waals surface area contributed by atoms with Crippen molar-refractivity contribution in [2.45, 2.75) is 6.92 Å². The Morgan fingerprint density at radius 3 is 2.72 bits per heavy atom. The Kier molecular flexibility index (Phi) is 3.39. The maximum Gasteiger partial charge on any atom is 0.167 e. The Balaban J connectivity index is 1.44. The summed E-state index contributed by atoms with van der Waals surface area (Å²) in [6.45, 7) is 4.55. The standard InChI is InChI=1S/C22H20FN5O/c1-12-17-10-27(11-18(12)17)13-7-25-22-16(8-26-28(22)9-13)14-3-4-24-20-6-19(23)21(29-2)5-15(14)20/h3-9,12,17-18H,10-11H2,1-2H3/t12?,17-,18+. The van der Waals surface area contributed by atoms with Gasteiger partial charge in [0.25, 0.3) is 0 Å². The van der Waals surface area contributed by atoms with Crippen molar-refractivity contribution in [2.75, 3.05) is 25.1 Å². The Morgan fingerprint density at radius 2 is 1.93 bits per heavy atom. The minimum Gasteiger partial charge on any atom is -0.494 e. The Labute approximate surface area is 166 Å². The molecule has 4 aromatic rings. The van der Waals surface area contributed by atoms with Gasteiger partial charge in [-0.1, -0.05) is 6.92 Å². The fourth-order valence-electron chi connectivity index (χ4n) is 4.79. The van der Waals surface area contributed by atoms with E-state index in [4.69, 9.17) is 9.72 Å². The van der Waals surface area contributed by atoms with Crippen LogP contribution in [-0.2, 0) is 0 Å². The van der Waals surface area contributed by atoms with Crippen molar-refractivity contribution in [3.63, 3.8) is 0 Å². The number of aromatic nitrogens is 4. The first-order chi connectivity index (χ1) is 14.1. The van der Waals surface area contributed by atoms with Gasteiger partial charge in [-0.05, 0) is 35.4 Å². The molecule has 1 aliphatic heterocycles. The average Bonchev–Trinajstić information content (AvgIpc) is 3.11. The molecule has 6 rings (SSSR count). The van der Waals surface area contributed by atoms with Crippen molar-refractivity contribution in [2.24, 2.45) is 17.8 Å². The molecule has 0 N–H and O–H groups in total. The summed E-state index contributed by atoms with van der Waals surface area (Å²) >= 11 is 0. The highest BCUT2D eigenvalue weighted by atomic mass is 19.1. The monoisotopic (exact) mass is 389 g/mol. The minimum absolute atomic E-state index is 0.195. The molecule has 1 unspecified atom stereocenters. The molecule has 1 saturated carbocycles. The molecule has 1 aliphatic carbocycles. The highest BCUT2D eigenvalue weighted by Gasteiger charge is 2.52. The zero-order valence-corrected chi connectivity index (χ0v) is 16.2. The molecule has 0 radical (unpaired) electrons. The van der Waals surface area contributed by atoms with Gasteiger partial charge in [0.15, 0.2) is 17.2 Å². The molecule has 4 heterocycles. The van der Waals surface area contributed by atoms with Gasteiger partial charge in [-0.15, -0.1) is 0 Å². The maximum atomic E-state index is 14.1. The van der Waals surface area contributed by atoms with Gasteiger partial charge in [0.05, 0.1) is 36.9 Å². The van der Waals surface area contributed by atoms with Gasteiger partial charge in [-0.2, -0.15) is 5.10 Å². The van der Waals surface area contributed by atoms with Crippen LogP contribution in [0.5, 0.6) is 5.75 Å². The molecule has 3 atom stereocenters. The smallest absolute Gasteiger partial charge is 0.167 e. The first kappa shape index (κ1) is 16.7. The molecule has 0 spiro atoms. The van der Waals surface area contributed by atoms with Crippen molar-refractivity contribution in [3.05, 3.63) is 48.8 Å². The van der Waals surface area contributed by atoms with E-state index in [0.29, 0.717) is 5.52 Å². The average molecular weight is 389 g/mol. The number of hydrogen-bond donors (Lipinski definition) is 0. The third-order valence-electron chi connectivity index (χ3n) is 6.64. The van der Waals surface area contributed by atoms with Crippen molar-refractivity contribution in [1.29, 1.82) is 0 Å². The number of benzene rings is 1. The van der Waals surface area contributed by atoms with Gasteiger partial charge >= 0.3 is 0 Å². The van der Waals surface area contributed by atoms with E-state index in [0.717, 1.165) is 58.7 Å². The van der Waals surface area contributed by atoms with Crippen molar-refractivity contribution in [1.82, 2.24) is 19.6 Å². The first-order valence-electron chi connectivity index (χ1n) is 9.85. The minimum atomic E-state index is -0.426. The van der Waals surface area contributed by atoms with E-state index in [-0.39, 0.29) is 5.75 Å². The summed E-state index contributed by atoms with van der Waals surface area (Å²) in [7, 11) is 1.46. The summed E-state index contributed by atoms with van der Waals surface area (Å²) in [5.74, 6) is 2.29. The molecule has 3 aromatic heterocycles. The molecular weight excluding hydrogens is 369 g/mol. The quantitative estimate of drug-likeness (QED) is 0.534. The number of fused-ring (bicyclic) bond motifs is 3. The molecule has 7 heteroatoms. The molecule has 2 fully saturated rings. The van der Waals surface area contributed by atoms with Crippen molar-refractivity contribution in [3.8, 4) is 16.9 Å². The Morgan fingerprint density at radius 1 is 1.10 bits per heavy atom. The number of halogens is 1. The summed E-state index contributed by atoms with van der Waals surface area (Å²) in [4.78, 5) is 11.4. The normalized spacial score (nSPS) is 23.0. The molecular formula is C22H20FN5O. The van der Waals surface area contributed by atoms with Crippen LogP contribution in [0.25, 0.3) is 27.7 Å². The van der Waals surface area contributed by atoms with Crippen LogP contribution in [0.3, 0.4) is 0 Å². The van der Waals surface area contributed by atoms with Crippen LogP contribution < -0.4 is 9.64 Å². The topological polar surface area (TPSA) is 55.6 Å². The fourth-order valence-corrected chi connectivity index (χ4v) is 4.79. The lowest BCUT2D eigenvalue weighted by molar-refractivity contribution is 0.387. The van der Waals surface area contributed by atoms with Crippen LogP contribution in [0.2, 0.25) is 0 Å².